The third-order valence-corrected chi connectivity index (χ3v) is 7.05. The van der Waals surface area contributed by atoms with E-state index in [-0.39, 0.29) is 24.2 Å². The molecule has 5 rings (SSSR count). The van der Waals surface area contributed by atoms with E-state index in [4.69, 9.17) is 0 Å². The van der Waals surface area contributed by atoms with Crippen molar-refractivity contribution in [2.75, 3.05) is 0 Å². The van der Waals surface area contributed by atoms with Crippen molar-refractivity contribution in [1.82, 2.24) is 24.5 Å². The van der Waals surface area contributed by atoms with Gasteiger partial charge in [-0.15, -0.1) is 16.4 Å². The van der Waals surface area contributed by atoms with E-state index in [9.17, 15) is 9.59 Å². The van der Waals surface area contributed by atoms with E-state index in [2.05, 4.69) is 22.3 Å². The van der Waals surface area contributed by atoms with Gasteiger partial charge in [0.1, 0.15) is 17.7 Å². The van der Waals surface area contributed by atoms with Crippen LogP contribution in [0.3, 0.4) is 0 Å². The summed E-state index contributed by atoms with van der Waals surface area (Å²) < 4.78 is 2.76. The SMILES string of the molecule is C[C@@H]1CCc2c(sc3ncn4c(=O)n(CC(=O)NC5CCCC5)nc4c23)C1. The zero-order chi connectivity index (χ0) is 18.5. The maximum absolute atomic E-state index is 12.7. The van der Waals surface area contributed by atoms with Crippen LogP contribution in [0.1, 0.15) is 49.5 Å². The Balaban J connectivity index is 1.53. The van der Waals surface area contributed by atoms with Crippen molar-refractivity contribution in [2.45, 2.75) is 64.5 Å². The van der Waals surface area contributed by atoms with E-state index in [1.165, 1.54) is 19.5 Å². The highest BCUT2D eigenvalue weighted by Crippen LogP contribution is 2.38. The normalized spacial score (nSPS) is 20.4. The number of aromatic nitrogens is 4. The van der Waals surface area contributed by atoms with Gasteiger partial charge in [0.15, 0.2) is 5.65 Å². The zero-order valence-corrected chi connectivity index (χ0v) is 16.2. The second-order valence-electron chi connectivity index (χ2n) is 7.96. The van der Waals surface area contributed by atoms with Crippen molar-refractivity contribution in [2.24, 2.45) is 5.92 Å². The lowest BCUT2D eigenvalue weighted by Crippen LogP contribution is -2.37. The topological polar surface area (TPSA) is 81.3 Å². The summed E-state index contributed by atoms with van der Waals surface area (Å²) in [5.41, 5.74) is 1.62. The van der Waals surface area contributed by atoms with E-state index in [1.807, 2.05) is 0 Å². The zero-order valence-electron chi connectivity index (χ0n) is 15.4. The molecule has 8 heteroatoms. The number of aryl methyl sites for hydroxylation is 1. The Morgan fingerprint density at radius 2 is 2.15 bits per heavy atom. The van der Waals surface area contributed by atoms with E-state index < -0.39 is 0 Å². The molecule has 1 saturated carbocycles. The molecule has 0 bridgehead atoms. The van der Waals surface area contributed by atoms with E-state index in [1.54, 1.807) is 17.7 Å². The third-order valence-electron chi connectivity index (χ3n) is 5.89. The summed E-state index contributed by atoms with van der Waals surface area (Å²) in [6.45, 7) is 2.24. The average Bonchev–Trinajstić information content (AvgIpc) is 3.33. The standard InChI is InChI=1S/C19H23N5O2S/c1-11-6-7-13-14(8-11)27-18-16(13)17-22-24(19(26)23(17)10-20-18)9-15(25)21-12-4-2-3-5-12/h10-12H,2-9H2,1H3,(H,21,25)/t11-/m1/s1. The number of fused-ring (bicyclic) bond motifs is 5. The van der Waals surface area contributed by atoms with Crippen molar-refractivity contribution >= 4 is 33.1 Å². The van der Waals surface area contributed by atoms with Crippen molar-refractivity contribution in [1.29, 1.82) is 0 Å². The predicted octanol–water partition coefficient (Wildman–Crippen LogP) is 2.29. The summed E-state index contributed by atoms with van der Waals surface area (Å²) in [4.78, 5) is 31.9. The Morgan fingerprint density at radius 3 is 2.96 bits per heavy atom. The number of carbonyl (C=O) groups excluding carboxylic acids is 1. The number of carbonyl (C=O) groups is 1. The number of hydrogen-bond acceptors (Lipinski definition) is 5. The Morgan fingerprint density at radius 1 is 1.33 bits per heavy atom. The second-order valence-corrected chi connectivity index (χ2v) is 9.04. The van der Waals surface area contributed by atoms with Gasteiger partial charge in [0.25, 0.3) is 0 Å². The van der Waals surface area contributed by atoms with Gasteiger partial charge in [-0.1, -0.05) is 19.8 Å². The quantitative estimate of drug-likeness (QED) is 0.750. The van der Waals surface area contributed by atoms with Crippen LogP contribution in [0.15, 0.2) is 11.1 Å². The highest BCUT2D eigenvalue weighted by atomic mass is 32.1. The first-order chi connectivity index (χ1) is 13.1. The molecule has 0 unspecified atom stereocenters. The molecule has 0 radical (unpaired) electrons. The molecule has 1 atom stereocenters. The first-order valence-electron chi connectivity index (χ1n) is 9.78. The molecule has 142 valence electrons. The maximum Gasteiger partial charge on any atom is 0.352 e. The van der Waals surface area contributed by atoms with Crippen LogP contribution in [0, 0.1) is 5.92 Å². The molecule has 0 saturated heterocycles. The molecular weight excluding hydrogens is 362 g/mol. The lowest BCUT2D eigenvalue weighted by Gasteiger charge is -2.17. The van der Waals surface area contributed by atoms with Crippen LogP contribution in [0.25, 0.3) is 15.9 Å². The van der Waals surface area contributed by atoms with Gasteiger partial charge in [0, 0.05) is 10.9 Å². The third kappa shape index (κ3) is 2.86. The van der Waals surface area contributed by atoms with Crippen molar-refractivity contribution in [3.8, 4) is 0 Å². The summed E-state index contributed by atoms with van der Waals surface area (Å²) in [6, 6.07) is 0.240. The largest absolute Gasteiger partial charge is 0.352 e. The van der Waals surface area contributed by atoms with Crippen LogP contribution in [0.5, 0.6) is 0 Å². The van der Waals surface area contributed by atoms with Gasteiger partial charge in [-0.2, -0.15) is 0 Å². The number of hydrogen-bond donors (Lipinski definition) is 1. The van der Waals surface area contributed by atoms with Crippen molar-refractivity contribution in [3.05, 3.63) is 27.3 Å². The monoisotopic (exact) mass is 385 g/mol. The molecule has 1 fully saturated rings. The summed E-state index contributed by atoms with van der Waals surface area (Å²) in [5, 5.41) is 8.55. The summed E-state index contributed by atoms with van der Waals surface area (Å²) in [7, 11) is 0. The van der Waals surface area contributed by atoms with Crippen LogP contribution in [0.4, 0.5) is 0 Å². The molecule has 2 aliphatic carbocycles. The minimum atomic E-state index is -0.301. The van der Waals surface area contributed by atoms with Crippen LogP contribution in [-0.2, 0) is 24.2 Å². The van der Waals surface area contributed by atoms with Crippen LogP contribution < -0.4 is 11.0 Å². The molecule has 3 aromatic rings. The highest BCUT2D eigenvalue weighted by molar-refractivity contribution is 7.19. The lowest BCUT2D eigenvalue weighted by atomic mass is 9.89. The Bertz CT molecular complexity index is 1090. The number of rotatable bonds is 3. The molecule has 3 aromatic heterocycles. The van der Waals surface area contributed by atoms with Gasteiger partial charge in [0.05, 0.1) is 5.39 Å². The molecule has 3 heterocycles. The van der Waals surface area contributed by atoms with E-state index >= 15 is 0 Å². The second kappa shape index (κ2) is 6.44. The summed E-state index contributed by atoms with van der Waals surface area (Å²) in [6.07, 6.45) is 9.12. The first-order valence-corrected chi connectivity index (χ1v) is 10.6. The van der Waals surface area contributed by atoms with Gasteiger partial charge >= 0.3 is 5.69 Å². The number of nitrogens with one attached hydrogen (secondary N) is 1. The van der Waals surface area contributed by atoms with Gasteiger partial charge in [-0.25, -0.2) is 18.9 Å². The minimum absolute atomic E-state index is 0.0398. The Kier molecular flexibility index (Phi) is 4.03. The molecule has 0 aliphatic heterocycles. The first kappa shape index (κ1) is 16.9. The van der Waals surface area contributed by atoms with Crippen LogP contribution in [0.2, 0.25) is 0 Å². The smallest absolute Gasteiger partial charge is 0.352 e. The average molecular weight is 385 g/mol. The highest BCUT2D eigenvalue weighted by Gasteiger charge is 2.25. The van der Waals surface area contributed by atoms with Gasteiger partial charge in [-0.3, -0.25) is 4.79 Å². The Hall–Kier alpha value is -2.22. The van der Waals surface area contributed by atoms with Crippen molar-refractivity contribution in [3.63, 3.8) is 0 Å². The Labute approximate surface area is 160 Å². The van der Waals surface area contributed by atoms with Crippen molar-refractivity contribution < 1.29 is 4.79 Å². The fraction of sp³-hybridized carbons (Fsp3) is 0.579. The number of nitrogens with zero attached hydrogens (tertiary/aromatic N) is 4. The molecular formula is C19H23N5O2S. The molecule has 7 nitrogen and oxygen atoms in total. The molecule has 1 amide bonds. The van der Waals surface area contributed by atoms with Gasteiger partial charge < -0.3 is 5.32 Å². The lowest BCUT2D eigenvalue weighted by molar-refractivity contribution is -0.122. The fourth-order valence-electron chi connectivity index (χ4n) is 4.45. The minimum Gasteiger partial charge on any atom is -0.352 e. The van der Waals surface area contributed by atoms with Gasteiger partial charge in [0.2, 0.25) is 5.91 Å². The maximum atomic E-state index is 12.7. The number of thiophene rings is 1. The van der Waals surface area contributed by atoms with E-state index in [0.29, 0.717) is 11.6 Å². The molecule has 0 spiro atoms. The summed E-state index contributed by atoms with van der Waals surface area (Å²) in [5.74, 6) is 0.540. The number of amides is 1. The van der Waals surface area contributed by atoms with E-state index in [0.717, 1.165) is 55.2 Å². The molecule has 27 heavy (non-hydrogen) atoms. The summed E-state index contributed by atoms with van der Waals surface area (Å²) >= 11 is 1.71. The van der Waals surface area contributed by atoms with Gasteiger partial charge in [-0.05, 0) is 43.6 Å². The molecule has 1 N–H and O–H groups in total. The van der Waals surface area contributed by atoms with Crippen LogP contribution in [-0.4, -0.2) is 31.1 Å². The fourth-order valence-corrected chi connectivity index (χ4v) is 5.79. The predicted molar refractivity (Wildman–Crippen MR) is 104 cm³/mol. The molecule has 0 aromatic carbocycles. The van der Waals surface area contributed by atoms with Crippen LogP contribution >= 0.6 is 11.3 Å². The molecule has 2 aliphatic rings.